The van der Waals surface area contributed by atoms with Crippen molar-refractivity contribution in [3.63, 3.8) is 0 Å². The number of hydrogen-bond donors (Lipinski definition) is 1. The van der Waals surface area contributed by atoms with Crippen LogP contribution >= 0.6 is 11.6 Å². The zero-order valence-electron chi connectivity index (χ0n) is 10.6. The minimum absolute atomic E-state index is 0.564. The first-order chi connectivity index (χ1) is 9.11. The lowest BCUT2D eigenvalue weighted by atomic mass is 10.1. The van der Waals surface area contributed by atoms with Crippen molar-refractivity contribution in [2.75, 3.05) is 17.7 Å². The summed E-state index contributed by atoms with van der Waals surface area (Å²) >= 11 is 6.14. The van der Waals surface area contributed by atoms with E-state index in [0.717, 1.165) is 16.3 Å². The summed E-state index contributed by atoms with van der Waals surface area (Å²) in [5.41, 5.74) is 8.71. The van der Waals surface area contributed by atoms with Crippen LogP contribution in [0.25, 0.3) is 0 Å². The largest absolute Gasteiger partial charge is 0.399 e. The number of nitriles is 1. The Morgan fingerprint density at radius 1 is 1.26 bits per heavy atom. The molecule has 0 saturated heterocycles. The summed E-state index contributed by atoms with van der Waals surface area (Å²) in [7, 11) is 1.93. The van der Waals surface area contributed by atoms with Crippen LogP contribution in [0.15, 0.2) is 42.5 Å². The number of hydrogen-bond acceptors (Lipinski definition) is 3. The highest BCUT2D eigenvalue weighted by Crippen LogP contribution is 2.24. The van der Waals surface area contributed by atoms with Gasteiger partial charge >= 0.3 is 0 Å². The van der Waals surface area contributed by atoms with Crippen LogP contribution in [0.1, 0.15) is 11.1 Å². The Morgan fingerprint density at radius 2 is 2.00 bits per heavy atom. The van der Waals surface area contributed by atoms with Gasteiger partial charge in [0.05, 0.1) is 11.3 Å². The minimum Gasteiger partial charge on any atom is -0.399 e. The highest BCUT2D eigenvalue weighted by molar-refractivity contribution is 6.31. The van der Waals surface area contributed by atoms with Crippen molar-refractivity contribution in [2.45, 2.75) is 6.54 Å². The van der Waals surface area contributed by atoms with Gasteiger partial charge in [-0.1, -0.05) is 29.8 Å². The van der Waals surface area contributed by atoms with Crippen molar-refractivity contribution >= 4 is 23.0 Å². The number of nitrogens with two attached hydrogens (primary N) is 1. The number of halogens is 1. The summed E-state index contributed by atoms with van der Waals surface area (Å²) in [4.78, 5) is 1.99. The lowest BCUT2D eigenvalue weighted by Gasteiger charge is -2.21. The van der Waals surface area contributed by atoms with E-state index in [1.165, 1.54) is 0 Å². The highest BCUT2D eigenvalue weighted by Gasteiger charge is 2.09. The van der Waals surface area contributed by atoms with Crippen molar-refractivity contribution < 1.29 is 0 Å². The zero-order valence-corrected chi connectivity index (χ0v) is 11.4. The van der Waals surface area contributed by atoms with Gasteiger partial charge in [-0.15, -0.1) is 0 Å². The molecule has 3 nitrogen and oxygen atoms in total. The molecule has 0 fully saturated rings. The normalized spacial score (nSPS) is 9.95. The minimum atomic E-state index is 0.564. The third kappa shape index (κ3) is 2.98. The van der Waals surface area contributed by atoms with Gasteiger partial charge in [0, 0.05) is 24.3 Å². The molecule has 2 aromatic carbocycles. The number of nitrogens with zero attached hydrogens (tertiary/aromatic N) is 2. The summed E-state index contributed by atoms with van der Waals surface area (Å²) in [6.45, 7) is 0.637. The van der Waals surface area contributed by atoms with Gasteiger partial charge in [-0.05, 0) is 29.8 Å². The topological polar surface area (TPSA) is 53.0 Å². The number of rotatable bonds is 3. The van der Waals surface area contributed by atoms with Crippen LogP contribution in [0.5, 0.6) is 0 Å². The lowest BCUT2D eigenvalue weighted by molar-refractivity contribution is 0.921. The monoisotopic (exact) mass is 271 g/mol. The standard InChI is InChI=1S/C15H14ClN3/c1-19(10-11-4-2-3-5-14(11)16)15-7-6-13(18)8-12(15)9-17/h2-8H,10,18H2,1H3. The Hall–Kier alpha value is -2.18. The summed E-state index contributed by atoms with van der Waals surface area (Å²) in [6.07, 6.45) is 0. The molecule has 0 bridgehead atoms. The van der Waals surface area contributed by atoms with Crippen molar-refractivity contribution in [3.05, 3.63) is 58.6 Å². The fraction of sp³-hybridized carbons (Fsp3) is 0.133. The van der Waals surface area contributed by atoms with Gasteiger partial charge in [-0.3, -0.25) is 0 Å². The molecular weight excluding hydrogens is 258 g/mol. The Kier molecular flexibility index (Phi) is 3.94. The van der Waals surface area contributed by atoms with E-state index in [0.29, 0.717) is 17.8 Å². The Bertz CT molecular complexity index is 632. The highest BCUT2D eigenvalue weighted by atomic mass is 35.5. The molecule has 96 valence electrons. The van der Waals surface area contributed by atoms with Crippen LogP contribution < -0.4 is 10.6 Å². The van der Waals surface area contributed by atoms with Crippen LogP contribution in [-0.4, -0.2) is 7.05 Å². The van der Waals surface area contributed by atoms with Gasteiger partial charge in [0.1, 0.15) is 6.07 Å². The fourth-order valence-corrected chi connectivity index (χ4v) is 2.14. The van der Waals surface area contributed by atoms with Crippen LogP contribution in [0.3, 0.4) is 0 Å². The molecule has 2 N–H and O–H groups in total. The second-order valence-corrected chi connectivity index (χ2v) is 4.74. The number of nitrogen functional groups attached to an aromatic ring is 1. The van der Waals surface area contributed by atoms with Crippen molar-refractivity contribution in [3.8, 4) is 6.07 Å². The van der Waals surface area contributed by atoms with E-state index in [2.05, 4.69) is 6.07 Å². The van der Waals surface area contributed by atoms with Gasteiger partial charge in [-0.2, -0.15) is 5.26 Å². The molecule has 0 spiro atoms. The predicted molar refractivity (Wildman–Crippen MR) is 79.1 cm³/mol. The second kappa shape index (κ2) is 5.64. The summed E-state index contributed by atoms with van der Waals surface area (Å²) < 4.78 is 0. The Labute approximate surface area is 117 Å². The van der Waals surface area contributed by atoms with E-state index in [1.807, 2.05) is 42.3 Å². The molecule has 0 amide bonds. The SMILES string of the molecule is CN(Cc1ccccc1Cl)c1ccc(N)cc1C#N. The first-order valence-corrected chi connectivity index (χ1v) is 6.24. The maximum absolute atomic E-state index is 9.15. The molecule has 0 radical (unpaired) electrons. The van der Waals surface area contributed by atoms with E-state index in [4.69, 9.17) is 22.6 Å². The maximum Gasteiger partial charge on any atom is 0.101 e. The van der Waals surface area contributed by atoms with Crippen molar-refractivity contribution in [1.29, 1.82) is 5.26 Å². The average molecular weight is 272 g/mol. The zero-order chi connectivity index (χ0) is 13.8. The van der Waals surface area contributed by atoms with Crippen LogP contribution in [-0.2, 0) is 6.54 Å². The van der Waals surface area contributed by atoms with Crippen molar-refractivity contribution in [1.82, 2.24) is 0 Å². The summed E-state index contributed by atoms with van der Waals surface area (Å²) in [5.74, 6) is 0. The average Bonchev–Trinajstić information content (AvgIpc) is 2.41. The van der Waals surface area contributed by atoms with Gasteiger partial charge in [-0.25, -0.2) is 0 Å². The smallest absolute Gasteiger partial charge is 0.101 e. The molecule has 0 atom stereocenters. The molecule has 2 rings (SSSR count). The molecule has 0 aliphatic heterocycles. The van der Waals surface area contributed by atoms with Crippen LogP contribution in [0.2, 0.25) is 5.02 Å². The van der Waals surface area contributed by atoms with E-state index in [1.54, 1.807) is 12.1 Å². The molecule has 0 aliphatic carbocycles. The molecule has 19 heavy (non-hydrogen) atoms. The number of anilines is 2. The van der Waals surface area contributed by atoms with E-state index in [9.17, 15) is 0 Å². The molecular formula is C15H14ClN3. The first-order valence-electron chi connectivity index (χ1n) is 5.86. The molecule has 4 heteroatoms. The van der Waals surface area contributed by atoms with E-state index >= 15 is 0 Å². The third-order valence-corrected chi connectivity index (χ3v) is 3.29. The molecule has 0 heterocycles. The second-order valence-electron chi connectivity index (χ2n) is 4.34. The molecule has 0 aromatic heterocycles. The first kappa shape index (κ1) is 13.3. The molecule has 0 saturated carbocycles. The Morgan fingerprint density at radius 3 is 2.68 bits per heavy atom. The fourth-order valence-electron chi connectivity index (χ4n) is 1.94. The van der Waals surface area contributed by atoms with Crippen molar-refractivity contribution in [2.24, 2.45) is 0 Å². The third-order valence-electron chi connectivity index (χ3n) is 2.92. The number of benzene rings is 2. The lowest BCUT2D eigenvalue weighted by Crippen LogP contribution is -2.17. The molecule has 0 aliphatic rings. The van der Waals surface area contributed by atoms with E-state index in [-0.39, 0.29) is 0 Å². The van der Waals surface area contributed by atoms with Gasteiger partial charge in [0.15, 0.2) is 0 Å². The van der Waals surface area contributed by atoms with Crippen LogP contribution in [0.4, 0.5) is 11.4 Å². The molecule has 0 unspecified atom stereocenters. The van der Waals surface area contributed by atoms with Gasteiger partial charge in [0.25, 0.3) is 0 Å². The van der Waals surface area contributed by atoms with E-state index < -0.39 is 0 Å². The summed E-state index contributed by atoms with van der Waals surface area (Å²) in [6, 6.07) is 15.2. The van der Waals surface area contributed by atoms with Gasteiger partial charge < -0.3 is 10.6 Å². The summed E-state index contributed by atoms with van der Waals surface area (Å²) in [5, 5.41) is 9.88. The predicted octanol–water partition coefficient (Wildman–Crippen LogP) is 3.43. The van der Waals surface area contributed by atoms with Gasteiger partial charge in [0.2, 0.25) is 0 Å². The molecule has 2 aromatic rings. The van der Waals surface area contributed by atoms with Crippen LogP contribution in [0, 0.1) is 11.3 Å². The quantitative estimate of drug-likeness (QED) is 0.870. The Balaban J connectivity index is 2.28. The maximum atomic E-state index is 9.15.